The van der Waals surface area contributed by atoms with Crippen molar-refractivity contribution in [3.05, 3.63) is 12.4 Å². The molecule has 1 atom stereocenters. The summed E-state index contributed by atoms with van der Waals surface area (Å²) in [5.74, 6) is 2.96. The molecule has 1 saturated heterocycles. The molecule has 1 aromatic heterocycles. The van der Waals surface area contributed by atoms with Gasteiger partial charge in [-0.3, -0.25) is 4.98 Å². The van der Waals surface area contributed by atoms with Gasteiger partial charge in [0.05, 0.1) is 19.0 Å². The fraction of sp³-hybridized carbons (Fsp3) is 0.714. The van der Waals surface area contributed by atoms with Crippen LogP contribution >= 0.6 is 11.6 Å². The van der Waals surface area contributed by atoms with Crippen LogP contribution in [0.25, 0.3) is 0 Å². The van der Waals surface area contributed by atoms with Crippen LogP contribution in [-0.4, -0.2) is 35.5 Å². The van der Waals surface area contributed by atoms with Crippen molar-refractivity contribution in [2.75, 3.05) is 30.5 Å². The Balaban J connectivity index is 1.99. The summed E-state index contributed by atoms with van der Waals surface area (Å²) < 4.78 is 5.54. The molecule has 0 saturated carbocycles. The lowest BCUT2D eigenvalue weighted by molar-refractivity contribution is 0.303. The maximum atomic E-state index is 5.84. The van der Waals surface area contributed by atoms with E-state index in [-0.39, 0.29) is 0 Å². The summed E-state index contributed by atoms with van der Waals surface area (Å²) in [6.07, 6.45) is 8.03. The van der Waals surface area contributed by atoms with Crippen molar-refractivity contribution in [3.63, 3.8) is 0 Å². The molecule has 106 valence electrons. The van der Waals surface area contributed by atoms with Gasteiger partial charge >= 0.3 is 0 Å². The normalized spacial score (nSPS) is 19.5. The van der Waals surface area contributed by atoms with E-state index < -0.39 is 0 Å². The molecule has 1 fully saturated rings. The smallest absolute Gasteiger partial charge is 0.234 e. The molecule has 0 spiro atoms. The van der Waals surface area contributed by atoms with Gasteiger partial charge in [-0.05, 0) is 31.6 Å². The topological polar surface area (TPSA) is 38.2 Å². The Bertz CT molecular complexity index is 387. The molecule has 0 radical (unpaired) electrons. The monoisotopic (exact) mass is 283 g/mol. The fourth-order valence-electron chi connectivity index (χ4n) is 2.43. The van der Waals surface area contributed by atoms with Crippen LogP contribution in [0.3, 0.4) is 0 Å². The van der Waals surface area contributed by atoms with Gasteiger partial charge in [0.15, 0.2) is 5.82 Å². The summed E-state index contributed by atoms with van der Waals surface area (Å²) in [5.41, 5.74) is 0. The number of ether oxygens (including phenoxy) is 1. The molecule has 5 heteroatoms. The molecule has 2 heterocycles. The highest BCUT2D eigenvalue weighted by molar-refractivity contribution is 6.17. The number of aromatic nitrogens is 2. The lowest BCUT2D eigenvalue weighted by Crippen LogP contribution is -2.36. The fourth-order valence-corrected chi connectivity index (χ4v) is 2.74. The van der Waals surface area contributed by atoms with Gasteiger partial charge < -0.3 is 9.64 Å². The van der Waals surface area contributed by atoms with E-state index in [1.54, 1.807) is 6.20 Å². The van der Waals surface area contributed by atoms with Crippen LogP contribution in [0.5, 0.6) is 5.88 Å². The molecule has 1 unspecified atom stereocenters. The molecule has 4 nitrogen and oxygen atoms in total. The zero-order chi connectivity index (χ0) is 13.5. The van der Waals surface area contributed by atoms with Gasteiger partial charge in [-0.1, -0.05) is 6.92 Å². The summed E-state index contributed by atoms with van der Waals surface area (Å²) in [4.78, 5) is 11.1. The van der Waals surface area contributed by atoms with Crippen LogP contribution in [0.2, 0.25) is 0 Å². The van der Waals surface area contributed by atoms with Crippen molar-refractivity contribution in [2.45, 2.75) is 32.6 Å². The maximum absolute atomic E-state index is 5.84. The van der Waals surface area contributed by atoms with Crippen LogP contribution in [-0.2, 0) is 0 Å². The number of hydrogen-bond acceptors (Lipinski definition) is 4. The molecular formula is C14H22ClN3O. The zero-order valence-electron chi connectivity index (χ0n) is 11.5. The van der Waals surface area contributed by atoms with Gasteiger partial charge in [0.1, 0.15) is 0 Å². The Hall–Kier alpha value is -1.03. The second-order valence-corrected chi connectivity index (χ2v) is 5.37. The molecule has 0 aromatic carbocycles. The summed E-state index contributed by atoms with van der Waals surface area (Å²) in [6, 6.07) is 0. The average molecular weight is 284 g/mol. The van der Waals surface area contributed by atoms with E-state index in [2.05, 4.69) is 21.8 Å². The van der Waals surface area contributed by atoms with Crippen molar-refractivity contribution in [1.82, 2.24) is 9.97 Å². The minimum atomic E-state index is 0.624. The number of alkyl halides is 1. The highest BCUT2D eigenvalue weighted by Gasteiger charge is 2.20. The molecule has 19 heavy (non-hydrogen) atoms. The second kappa shape index (κ2) is 7.53. The lowest BCUT2D eigenvalue weighted by Gasteiger charge is -2.33. The third kappa shape index (κ3) is 4.23. The number of piperidine rings is 1. The van der Waals surface area contributed by atoms with E-state index in [1.807, 2.05) is 6.20 Å². The Kier molecular flexibility index (Phi) is 5.70. The second-order valence-electron chi connectivity index (χ2n) is 5.00. The first kappa shape index (κ1) is 14.4. The van der Waals surface area contributed by atoms with E-state index in [4.69, 9.17) is 16.3 Å². The first-order chi connectivity index (χ1) is 9.33. The summed E-state index contributed by atoms with van der Waals surface area (Å²) in [6.45, 7) is 4.84. The van der Waals surface area contributed by atoms with E-state index in [0.717, 1.165) is 37.6 Å². The average Bonchev–Trinajstić information content (AvgIpc) is 2.46. The third-order valence-corrected chi connectivity index (χ3v) is 3.63. The van der Waals surface area contributed by atoms with Crippen LogP contribution < -0.4 is 9.64 Å². The van der Waals surface area contributed by atoms with Gasteiger partial charge in [-0.2, -0.15) is 4.98 Å². The Morgan fingerprint density at radius 2 is 2.37 bits per heavy atom. The predicted molar refractivity (Wildman–Crippen MR) is 78.1 cm³/mol. The van der Waals surface area contributed by atoms with Crippen molar-refractivity contribution in [1.29, 1.82) is 0 Å². The molecule has 0 N–H and O–H groups in total. The number of nitrogens with zero attached hydrogens (tertiary/aromatic N) is 3. The molecule has 0 amide bonds. The van der Waals surface area contributed by atoms with Gasteiger partial charge in [-0.15, -0.1) is 11.6 Å². The van der Waals surface area contributed by atoms with Gasteiger partial charge in [-0.25, -0.2) is 0 Å². The highest BCUT2D eigenvalue weighted by Crippen LogP contribution is 2.24. The van der Waals surface area contributed by atoms with E-state index in [0.29, 0.717) is 18.4 Å². The molecule has 0 bridgehead atoms. The quantitative estimate of drug-likeness (QED) is 0.752. The molecule has 1 aliphatic rings. The van der Waals surface area contributed by atoms with Gasteiger partial charge in [0.25, 0.3) is 0 Å². The Morgan fingerprint density at radius 3 is 3.16 bits per heavy atom. The standard InChI is InChI=1S/C14H22ClN3O/c1-2-8-19-14-10-16-9-13(17-14)18-7-3-4-12(11-18)5-6-15/h9-10,12H,2-8,11H2,1H3. The number of halogens is 1. The van der Waals surface area contributed by atoms with Crippen LogP contribution in [0.1, 0.15) is 32.6 Å². The molecule has 1 aliphatic heterocycles. The first-order valence-electron chi connectivity index (χ1n) is 7.09. The SMILES string of the molecule is CCCOc1cncc(N2CCCC(CCCl)C2)n1. The highest BCUT2D eigenvalue weighted by atomic mass is 35.5. The van der Waals surface area contributed by atoms with Gasteiger partial charge in [0.2, 0.25) is 5.88 Å². The predicted octanol–water partition coefficient (Wildman–Crippen LogP) is 3.11. The first-order valence-corrected chi connectivity index (χ1v) is 7.62. The van der Waals surface area contributed by atoms with Crippen molar-refractivity contribution < 1.29 is 4.74 Å². The lowest BCUT2D eigenvalue weighted by atomic mass is 9.96. The Labute approximate surface area is 120 Å². The minimum Gasteiger partial charge on any atom is -0.477 e. The van der Waals surface area contributed by atoms with Crippen molar-refractivity contribution >= 4 is 17.4 Å². The Morgan fingerprint density at radius 1 is 1.47 bits per heavy atom. The van der Waals surface area contributed by atoms with Crippen molar-refractivity contribution in [2.24, 2.45) is 5.92 Å². The molecule has 2 rings (SSSR count). The third-order valence-electron chi connectivity index (χ3n) is 3.41. The number of rotatable bonds is 6. The molecule has 1 aromatic rings. The van der Waals surface area contributed by atoms with Crippen LogP contribution in [0.4, 0.5) is 5.82 Å². The van der Waals surface area contributed by atoms with Gasteiger partial charge in [0, 0.05) is 19.0 Å². The number of hydrogen-bond donors (Lipinski definition) is 0. The van der Waals surface area contributed by atoms with E-state index >= 15 is 0 Å². The molecular weight excluding hydrogens is 262 g/mol. The zero-order valence-corrected chi connectivity index (χ0v) is 12.3. The maximum Gasteiger partial charge on any atom is 0.234 e. The van der Waals surface area contributed by atoms with Crippen molar-refractivity contribution in [3.8, 4) is 5.88 Å². The summed E-state index contributed by atoms with van der Waals surface area (Å²) in [7, 11) is 0. The molecule has 0 aliphatic carbocycles. The van der Waals surface area contributed by atoms with Crippen LogP contribution in [0, 0.1) is 5.92 Å². The van der Waals surface area contributed by atoms with Crippen LogP contribution in [0.15, 0.2) is 12.4 Å². The summed E-state index contributed by atoms with van der Waals surface area (Å²) >= 11 is 5.84. The largest absolute Gasteiger partial charge is 0.477 e. The number of anilines is 1. The summed E-state index contributed by atoms with van der Waals surface area (Å²) in [5, 5.41) is 0. The minimum absolute atomic E-state index is 0.624. The van der Waals surface area contributed by atoms with E-state index in [1.165, 1.54) is 12.8 Å². The van der Waals surface area contributed by atoms with E-state index in [9.17, 15) is 0 Å².